The van der Waals surface area contributed by atoms with E-state index in [0.717, 1.165) is 23.7 Å². The van der Waals surface area contributed by atoms with Crippen molar-refractivity contribution >= 4 is 16.8 Å². The van der Waals surface area contributed by atoms with Gasteiger partial charge in [0.15, 0.2) is 0 Å². The van der Waals surface area contributed by atoms with E-state index >= 15 is 0 Å². The maximum Gasteiger partial charge on any atom is 0.263 e. The van der Waals surface area contributed by atoms with Gasteiger partial charge >= 0.3 is 0 Å². The van der Waals surface area contributed by atoms with Gasteiger partial charge in [0.2, 0.25) is 0 Å². The molecular weight excluding hydrogens is 338 g/mol. The lowest BCUT2D eigenvalue weighted by Crippen LogP contribution is -2.49. The van der Waals surface area contributed by atoms with Crippen molar-refractivity contribution in [3.05, 3.63) is 46.2 Å². The van der Waals surface area contributed by atoms with E-state index in [0.29, 0.717) is 24.5 Å². The number of fused-ring (bicyclic) bond motifs is 3. The zero-order valence-electron chi connectivity index (χ0n) is 16.4. The average Bonchev–Trinajstić information content (AvgIpc) is 2.84. The normalized spacial score (nSPS) is 25.3. The van der Waals surface area contributed by atoms with Crippen LogP contribution in [0.15, 0.2) is 35.1 Å². The summed E-state index contributed by atoms with van der Waals surface area (Å²) in [5.74, 6) is 0.103. The Bertz CT molecular complexity index is 903. The van der Waals surface area contributed by atoms with E-state index in [1.54, 1.807) is 10.6 Å². The second-order valence-electron chi connectivity index (χ2n) is 8.62. The topological polar surface area (TPSA) is 54.3 Å². The van der Waals surface area contributed by atoms with E-state index in [2.05, 4.69) is 31.1 Å². The number of para-hydroxylation sites is 1. The maximum absolute atomic E-state index is 13.1. The number of hydrogen-bond acceptors (Lipinski definition) is 3. The number of piperidine rings is 1. The van der Waals surface area contributed by atoms with Gasteiger partial charge in [-0.1, -0.05) is 32.0 Å². The number of nitrogens with one attached hydrogen (secondary N) is 1. The van der Waals surface area contributed by atoms with Crippen LogP contribution < -0.4 is 10.9 Å². The van der Waals surface area contributed by atoms with Crippen LogP contribution in [0, 0.1) is 5.92 Å². The Morgan fingerprint density at radius 3 is 2.52 bits per heavy atom. The minimum atomic E-state index is -0.225. The van der Waals surface area contributed by atoms with E-state index in [1.807, 2.05) is 24.3 Å². The van der Waals surface area contributed by atoms with Crippen LogP contribution in [0.25, 0.3) is 10.9 Å². The van der Waals surface area contributed by atoms with Crippen molar-refractivity contribution in [1.29, 1.82) is 0 Å². The molecule has 1 unspecified atom stereocenters. The summed E-state index contributed by atoms with van der Waals surface area (Å²) in [5, 5.41) is 4.10. The molecular formula is C22H29N3O2. The molecule has 3 heterocycles. The molecule has 2 aliphatic heterocycles. The highest BCUT2D eigenvalue weighted by Crippen LogP contribution is 2.34. The molecule has 1 amide bonds. The fourth-order valence-corrected chi connectivity index (χ4v) is 4.83. The highest BCUT2D eigenvalue weighted by atomic mass is 16.2. The molecule has 1 aromatic carbocycles. The molecule has 5 nitrogen and oxygen atoms in total. The second kappa shape index (κ2) is 7.12. The number of carbonyl (C=O) groups excluding carboxylic acids is 1. The Morgan fingerprint density at radius 2 is 1.85 bits per heavy atom. The summed E-state index contributed by atoms with van der Waals surface area (Å²) in [7, 11) is 2.19. The molecule has 2 saturated heterocycles. The van der Waals surface area contributed by atoms with Crippen LogP contribution in [0.3, 0.4) is 0 Å². The first-order valence-corrected chi connectivity index (χ1v) is 10.1. The third-order valence-corrected chi connectivity index (χ3v) is 6.23. The summed E-state index contributed by atoms with van der Waals surface area (Å²) in [4.78, 5) is 28.5. The number of amides is 1. The number of pyridine rings is 1. The largest absolute Gasteiger partial charge is 0.349 e. The summed E-state index contributed by atoms with van der Waals surface area (Å²) >= 11 is 0. The van der Waals surface area contributed by atoms with E-state index in [4.69, 9.17) is 0 Å². The van der Waals surface area contributed by atoms with Gasteiger partial charge in [-0.2, -0.15) is 0 Å². The van der Waals surface area contributed by atoms with Crippen molar-refractivity contribution in [1.82, 2.24) is 14.8 Å². The number of aromatic nitrogens is 1. The first kappa shape index (κ1) is 18.2. The monoisotopic (exact) mass is 367 g/mol. The smallest absolute Gasteiger partial charge is 0.263 e. The summed E-state index contributed by atoms with van der Waals surface area (Å²) in [6.45, 7) is 4.78. The SMILES string of the molecule is CC(C)Cn1c(=O)c(C(=O)NC2C[C@H]3CC[C@@H](C2)N3C)cc2ccccc21. The van der Waals surface area contributed by atoms with Crippen molar-refractivity contribution in [2.24, 2.45) is 5.92 Å². The van der Waals surface area contributed by atoms with Crippen molar-refractivity contribution in [3.63, 3.8) is 0 Å². The van der Waals surface area contributed by atoms with Crippen LogP contribution in [-0.2, 0) is 6.54 Å². The van der Waals surface area contributed by atoms with Gasteiger partial charge in [0.1, 0.15) is 5.56 Å². The number of rotatable bonds is 4. The van der Waals surface area contributed by atoms with Crippen LogP contribution in [0.1, 0.15) is 49.9 Å². The zero-order valence-corrected chi connectivity index (χ0v) is 16.4. The Labute approximate surface area is 160 Å². The molecule has 0 radical (unpaired) electrons. The lowest BCUT2D eigenvalue weighted by atomic mass is 9.97. The second-order valence-corrected chi connectivity index (χ2v) is 8.62. The molecule has 0 spiro atoms. The van der Waals surface area contributed by atoms with Crippen LogP contribution in [0.5, 0.6) is 0 Å². The summed E-state index contributed by atoms with van der Waals surface area (Å²) in [6, 6.07) is 10.8. The minimum absolute atomic E-state index is 0.163. The number of benzene rings is 1. The first-order valence-electron chi connectivity index (χ1n) is 10.1. The van der Waals surface area contributed by atoms with Gasteiger partial charge in [-0.05, 0) is 56.2 Å². The summed E-state index contributed by atoms with van der Waals surface area (Å²) in [5.41, 5.74) is 0.974. The highest BCUT2D eigenvalue weighted by molar-refractivity contribution is 5.97. The Kier molecular flexibility index (Phi) is 4.81. The fraction of sp³-hybridized carbons (Fsp3) is 0.545. The van der Waals surface area contributed by atoms with Crippen molar-refractivity contribution in [2.75, 3.05) is 7.05 Å². The Hall–Kier alpha value is -2.14. The van der Waals surface area contributed by atoms with Gasteiger partial charge in [0.25, 0.3) is 11.5 Å². The summed E-state index contributed by atoms with van der Waals surface area (Å²) < 4.78 is 1.76. The zero-order chi connectivity index (χ0) is 19.1. The average molecular weight is 367 g/mol. The Morgan fingerprint density at radius 1 is 1.19 bits per heavy atom. The molecule has 4 rings (SSSR count). The van der Waals surface area contributed by atoms with Crippen LogP contribution >= 0.6 is 0 Å². The standard InChI is InChI=1S/C22H29N3O2/c1-14(2)13-25-20-7-5-4-6-15(20)10-19(22(25)27)21(26)23-16-11-17-8-9-18(12-16)24(17)3/h4-7,10,14,16-18H,8-9,11-13H2,1-3H3,(H,23,26)/t16?,17-,18+. The van der Waals surface area contributed by atoms with Crippen molar-refractivity contribution in [3.8, 4) is 0 Å². The minimum Gasteiger partial charge on any atom is -0.349 e. The molecule has 0 aliphatic carbocycles. The van der Waals surface area contributed by atoms with Crippen molar-refractivity contribution in [2.45, 2.75) is 64.2 Å². The van der Waals surface area contributed by atoms with E-state index in [1.165, 1.54) is 12.8 Å². The third kappa shape index (κ3) is 3.41. The maximum atomic E-state index is 13.1. The molecule has 1 N–H and O–H groups in total. The van der Waals surface area contributed by atoms with E-state index < -0.39 is 0 Å². The lowest BCUT2D eigenvalue weighted by molar-refractivity contribution is 0.0880. The van der Waals surface area contributed by atoms with Crippen LogP contribution in [-0.4, -0.2) is 40.5 Å². The molecule has 144 valence electrons. The predicted molar refractivity (Wildman–Crippen MR) is 108 cm³/mol. The molecule has 2 fully saturated rings. The van der Waals surface area contributed by atoms with Gasteiger partial charge in [0.05, 0.1) is 5.52 Å². The molecule has 2 aliphatic rings. The van der Waals surface area contributed by atoms with Gasteiger partial charge in [0, 0.05) is 24.7 Å². The lowest BCUT2D eigenvalue weighted by Gasteiger charge is -2.36. The molecule has 3 atom stereocenters. The highest BCUT2D eigenvalue weighted by Gasteiger charge is 2.39. The van der Waals surface area contributed by atoms with Gasteiger partial charge in [-0.25, -0.2) is 0 Å². The fourth-order valence-electron chi connectivity index (χ4n) is 4.83. The molecule has 0 saturated carbocycles. The molecule has 1 aromatic heterocycles. The number of hydrogen-bond donors (Lipinski definition) is 1. The quantitative estimate of drug-likeness (QED) is 0.904. The van der Waals surface area contributed by atoms with Gasteiger partial charge < -0.3 is 14.8 Å². The number of carbonyl (C=O) groups is 1. The molecule has 27 heavy (non-hydrogen) atoms. The van der Waals surface area contributed by atoms with Gasteiger partial charge in [-0.3, -0.25) is 9.59 Å². The predicted octanol–water partition coefficient (Wildman–Crippen LogP) is 3.01. The third-order valence-electron chi connectivity index (χ3n) is 6.23. The van der Waals surface area contributed by atoms with E-state index in [9.17, 15) is 9.59 Å². The molecule has 5 heteroatoms. The Balaban J connectivity index is 1.64. The van der Waals surface area contributed by atoms with Crippen molar-refractivity contribution < 1.29 is 4.79 Å². The number of nitrogens with zero attached hydrogens (tertiary/aromatic N) is 2. The molecule has 2 aromatic rings. The van der Waals surface area contributed by atoms with Crippen LogP contribution in [0.2, 0.25) is 0 Å². The van der Waals surface area contributed by atoms with E-state index in [-0.39, 0.29) is 23.1 Å². The molecule has 2 bridgehead atoms. The first-order chi connectivity index (χ1) is 12.9. The summed E-state index contributed by atoms with van der Waals surface area (Å²) in [6.07, 6.45) is 4.38. The van der Waals surface area contributed by atoms with Crippen LogP contribution in [0.4, 0.5) is 0 Å². The van der Waals surface area contributed by atoms with Gasteiger partial charge in [-0.15, -0.1) is 0 Å².